The topological polar surface area (TPSA) is 39.1 Å². The average Bonchev–Trinajstić information content (AvgIpc) is 2.68. The van der Waals surface area contributed by atoms with Crippen LogP contribution in [0.15, 0.2) is 30.3 Å². The number of hydrogen-bond acceptors (Lipinski definition) is 3. The Hall–Kier alpha value is -2.02. The van der Waals surface area contributed by atoms with Crippen molar-refractivity contribution in [1.29, 1.82) is 0 Å². The van der Waals surface area contributed by atoms with Gasteiger partial charge in [0.05, 0.1) is 11.4 Å². The normalized spacial score (nSPS) is 11.7. The van der Waals surface area contributed by atoms with Gasteiger partial charge in [-0.2, -0.15) is 5.10 Å². The molecule has 0 aliphatic rings. The summed E-state index contributed by atoms with van der Waals surface area (Å²) < 4.78 is 42.7. The number of halogens is 3. The van der Waals surface area contributed by atoms with Crippen LogP contribution in [0.3, 0.4) is 0 Å². The van der Waals surface area contributed by atoms with Crippen LogP contribution in [0.4, 0.5) is 13.2 Å². The van der Waals surface area contributed by atoms with Crippen LogP contribution < -0.4 is 10.1 Å². The molecule has 0 aliphatic carbocycles. The van der Waals surface area contributed by atoms with Crippen LogP contribution in [0.25, 0.3) is 0 Å². The third-order valence-electron chi connectivity index (χ3n) is 2.92. The summed E-state index contributed by atoms with van der Waals surface area (Å²) in [6.45, 7) is 2.67. The Morgan fingerprint density at radius 1 is 1.24 bits per heavy atom. The Bertz CT molecular complexity index is 608. The molecule has 1 heterocycles. The molecule has 0 atom stereocenters. The fourth-order valence-corrected chi connectivity index (χ4v) is 2.03. The smallest absolute Gasteiger partial charge is 0.405 e. The van der Waals surface area contributed by atoms with Gasteiger partial charge in [-0.3, -0.25) is 4.68 Å². The number of para-hydroxylation sites is 1. The van der Waals surface area contributed by atoms with Crippen LogP contribution in [0.1, 0.15) is 17.0 Å². The number of rotatable bonds is 5. The minimum Gasteiger partial charge on any atom is -0.405 e. The second kappa shape index (κ2) is 6.17. The van der Waals surface area contributed by atoms with Gasteiger partial charge in [-0.25, -0.2) is 0 Å². The standard InChI is InChI=1S/C14H16F3N3O/c1-10-7-12(20(2)19-10)9-18-8-11-5-3-4-6-13(11)21-14(15,16)17/h3-7,18H,8-9H2,1-2H3. The number of nitrogens with one attached hydrogen (secondary N) is 1. The van der Waals surface area contributed by atoms with Gasteiger partial charge in [-0.1, -0.05) is 18.2 Å². The molecular weight excluding hydrogens is 283 g/mol. The van der Waals surface area contributed by atoms with E-state index in [1.807, 2.05) is 20.0 Å². The molecule has 2 aromatic rings. The van der Waals surface area contributed by atoms with Gasteiger partial charge in [0, 0.05) is 25.7 Å². The largest absolute Gasteiger partial charge is 0.573 e. The number of aryl methyl sites for hydroxylation is 2. The fraction of sp³-hybridized carbons (Fsp3) is 0.357. The number of ether oxygens (including phenoxy) is 1. The molecule has 114 valence electrons. The van der Waals surface area contributed by atoms with Gasteiger partial charge in [0.15, 0.2) is 0 Å². The lowest BCUT2D eigenvalue weighted by Gasteiger charge is -2.13. The molecule has 0 radical (unpaired) electrons. The molecular formula is C14H16F3N3O. The van der Waals surface area contributed by atoms with Crippen LogP contribution in [0.2, 0.25) is 0 Å². The first-order valence-corrected chi connectivity index (χ1v) is 6.39. The minimum atomic E-state index is -4.69. The molecule has 21 heavy (non-hydrogen) atoms. The molecule has 0 spiro atoms. The predicted molar refractivity (Wildman–Crippen MR) is 71.6 cm³/mol. The molecule has 0 bridgehead atoms. The van der Waals surface area contributed by atoms with Crippen molar-refractivity contribution < 1.29 is 17.9 Å². The molecule has 7 heteroatoms. The Balaban J connectivity index is 1.98. The van der Waals surface area contributed by atoms with Gasteiger partial charge in [0.2, 0.25) is 0 Å². The van der Waals surface area contributed by atoms with Crippen molar-refractivity contribution in [3.63, 3.8) is 0 Å². The highest BCUT2D eigenvalue weighted by molar-refractivity contribution is 5.33. The first kappa shape index (κ1) is 15.4. The number of alkyl halides is 3. The monoisotopic (exact) mass is 299 g/mol. The van der Waals surface area contributed by atoms with Gasteiger partial charge >= 0.3 is 6.36 Å². The Morgan fingerprint density at radius 2 is 1.95 bits per heavy atom. The highest BCUT2D eigenvalue weighted by Crippen LogP contribution is 2.26. The second-order valence-corrected chi connectivity index (χ2v) is 4.66. The van der Waals surface area contributed by atoms with Crippen molar-refractivity contribution >= 4 is 0 Å². The quantitative estimate of drug-likeness (QED) is 0.922. The summed E-state index contributed by atoms with van der Waals surface area (Å²) in [5.41, 5.74) is 2.31. The Morgan fingerprint density at radius 3 is 2.57 bits per heavy atom. The zero-order valence-corrected chi connectivity index (χ0v) is 11.7. The average molecular weight is 299 g/mol. The molecule has 0 fully saturated rings. The summed E-state index contributed by atoms with van der Waals surface area (Å²) in [6.07, 6.45) is -4.69. The lowest BCUT2D eigenvalue weighted by atomic mass is 10.2. The van der Waals surface area contributed by atoms with Gasteiger partial charge in [-0.05, 0) is 19.1 Å². The highest BCUT2D eigenvalue weighted by Gasteiger charge is 2.31. The Labute approximate surface area is 120 Å². The molecule has 1 N–H and O–H groups in total. The first-order valence-electron chi connectivity index (χ1n) is 6.39. The molecule has 0 aliphatic heterocycles. The maximum absolute atomic E-state index is 12.3. The lowest BCUT2D eigenvalue weighted by Crippen LogP contribution is -2.20. The second-order valence-electron chi connectivity index (χ2n) is 4.66. The van der Waals surface area contributed by atoms with Crippen molar-refractivity contribution in [2.24, 2.45) is 7.05 Å². The van der Waals surface area contributed by atoms with E-state index in [1.54, 1.807) is 16.8 Å². The molecule has 1 aromatic carbocycles. The van der Waals surface area contributed by atoms with Crippen molar-refractivity contribution in [3.8, 4) is 5.75 Å². The van der Waals surface area contributed by atoms with E-state index in [-0.39, 0.29) is 12.3 Å². The van der Waals surface area contributed by atoms with E-state index in [9.17, 15) is 13.2 Å². The molecule has 0 unspecified atom stereocenters. The van der Waals surface area contributed by atoms with Gasteiger partial charge in [0.25, 0.3) is 0 Å². The lowest BCUT2D eigenvalue weighted by molar-refractivity contribution is -0.274. The minimum absolute atomic E-state index is 0.182. The van der Waals surface area contributed by atoms with Gasteiger partial charge in [0.1, 0.15) is 5.75 Å². The van der Waals surface area contributed by atoms with Gasteiger partial charge < -0.3 is 10.1 Å². The van der Waals surface area contributed by atoms with Crippen LogP contribution in [0.5, 0.6) is 5.75 Å². The molecule has 0 saturated carbocycles. The Kier molecular flexibility index (Phi) is 4.52. The maximum Gasteiger partial charge on any atom is 0.573 e. The third kappa shape index (κ3) is 4.49. The number of nitrogens with zero attached hydrogens (tertiary/aromatic N) is 2. The first-order chi connectivity index (χ1) is 9.85. The summed E-state index contributed by atoms with van der Waals surface area (Å²) in [5, 5.41) is 7.30. The van der Waals surface area contributed by atoms with E-state index in [0.29, 0.717) is 12.1 Å². The van der Waals surface area contributed by atoms with Crippen LogP contribution in [0, 0.1) is 6.92 Å². The third-order valence-corrected chi connectivity index (χ3v) is 2.92. The maximum atomic E-state index is 12.3. The van der Waals surface area contributed by atoms with Crippen molar-refractivity contribution in [1.82, 2.24) is 15.1 Å². The summed E-state index contributed by atoms with van der Waals surface area (Å²) in [5.74, 6) is -0.182. The van der Waals surface area contributed by atoms with E-state index in [4.69, 9.17) is 0 Å². The summed E-state index contributed by atoms with van der Waals surface area (Å²) in [7, 11) is 1.82. The molecule has 0 saturated heterocycles. The van der Waals surface area contributed by atoms with E-state index < -0.39 is 6.36 Å². The molecule has 0 amide bonds. The van der Waals surface area contributed by atoms with Crippen molar-refractivity contribution in [3.05, 3.63) is 47.3 Å². The number of hydrogen-bond donors (Lipinski definition) is 1. The highest BCUT2D eigenvalue weighted by atomic mass is 19.4. The van der Waals surface area contributed by atoms with Crippen molar-refractivity contribution in [2.75, 3.05) is 0 Å². The summed E-state index contributed by atoms with van der Waals surface area (Å²) in [4.78, 5) is 0. The summed E-state index contributed by atoms with van der Waals surface area (Å²) >= 11 is 0. The van der Waals surface area contributed by atoms with E-state index in [0.717, 1.165) is 11.4 Å². The van der Waals surface area contributed by atoms with E-state index in [2.05, 4.69) is 15.2 Å². The van der Waals surface area contributed by atoms with Gasteiger partial charge in [-0.15, -0.1) is 13.2 Å². The van der Waals surface area contributed by atoms with E-state index in [1.165, 1.54) is 12.1 Å². The predicted octanol–water partition coefficient (Wildman–Crippen LogP) is 2.92. The molecule has 2 rings (SSSR count). The zero-order chi connectivity index (χ0) is 15.5. The fourth-order valence-electron chi connectivity index (χ4n) is 2.03. The van der Waals surface area contributed by atoms with Crippen molar-refractivity contribution in [2.45, 2.75) is 26.4 Å². The van der Waals surface area contributed by atoms with Crippen LogP contribution >= 0.6 is 0 Å². The molecule has 4 nitrogen and oxygen atoms in total. The van der Waals surface area contributed by atoms with Crippen LogP contribution in [-0.4, -0.2) is 16.1 Å². The number of benzene rings is 1. The van der Waals surface area contributed by atoms with Crippen LogP contribution in [-0.2, 0) is 20.1 Å². The zero-order valence-electron chi connectivity index (χ0n) is 11.7. The summed E-state index contributed by atoms with van der Waals surface area (Å²) in [6, 6.07) is 8.01. The number of aromatic nitrogens is 2. The van der Waals surface area contributed by atoms with E-state index >= 15 is 0 Å². The molecule has 1 aromatic heterocycles. The SMILES string of the molecule is Cc1cc(CNCc2ccccc2OC(F)(F)F)n(C)n1.